The van der Waals surface area contributed by atoms with Crippen LogP contribution in [0.25, 0.3) is 0 Å². The van der Waals surface area contributed by atoms with Crippen LogP contribution in [0.5, 0.6) is 0 Å². The number of rotatable bonds is 4. The van der Waals surface area contributed by atoms with Crippen molar-refractivity contribution in [2.45, 2.75) is 39.5 Å². The van der Waals surface area contributed by atoms with E-state index >= 15 is 0 Å². The van der Waals surface area contributed by atoms with Crippen molar-refractivity contribution < 1.29 is 4.79 Å². The van der Waals surface area contributed by atoms with E-state index in [1.54, 1.807) is 6.20 Å². The van der Waals surface area contributed by atoms with Gasteiger partial charge >= 0.3 is 0 Å². The van der Waals surface area contributed by atoms with Crippen LogP contribution < -0.4 is 10.6 Å². The van der Waals surface area contributed by atoms with E-state index in [1.165, 1.54) is 0 Å². The third-order valence-corrected chi connectivity index (χ3v) is 4.03. The molecular weight excluding hydrogens is 238 g/mol. The molecule has 4 heteroatoms. The van der Waals surface area contributed by atoms with Crippen LogP contribution in [0, 0.1) is 12.3 Å². The van der Waals surface area contributed by atoms with E-state index in [0.717, 1.165) is 50.2 Å². The lowest BCUT2D eigenvalue weighted by molar-refractivity contribution is -0.127. The lowest BCUT2D eigenvalue weighted by Gasteiger charge is -2.36. The van der Waals surface area contributed by atoms with Gasteiger partial charge in [0.1, 0.15) is 0 Å². The maximum Gasteiger partial charge on any atom is 0.230 e. The molecule has 104 valence electrons. The van der Waals surface area contributed by atoms with Gasteiger partial charge in [-0.15, -0.1) is 0 Å². The summed E-state index contributed by atoms with van der Waals surface area (Å²) in [5.74, 6) is 0.159. The van der Waals surface area contributed by atoms with Crippen LogP contribution in [0.1, 0.15) is 38.3 Å². The molecule has 0 aliphatic carbocycles. The molecule has 0 radical (unpaired) electrons. The van der Waals surface area contributed by atoms with Gasteiger partial charge < -0.3 is 10.6 Å². The number of hydrogen-bond donors (Lipinski definition) is 2. The minimum Gasteiger partial charge on any atom is -0.324 e. The maximum atomic E-state index is 12.7. The molecule has 2 rings (SSSR count). The fourth-order valence-corrected chi connectivity index (χ4v) is 2.85. The highest BCUT2D eigenvalue weighted by Gasteiger charge is 2.38. The number of aromatic nitrogens is 1. The van der Waals surface area contributed by atoms with E-state index in [2.05, 4.69) is 22.5 Å². The Morgan fingerprint density at radius 1 is 1.47 bits per heavy atom. The third kappa shape index (κ3) is 3.13. The number of nitrogens with one attached hydrogen (secondary N) is 2. The molecule has 1 aromatic rings. The highest BCUT2D eigenvalue weighted by molar-refractivity contribution is 5.95. The molecule has 0 unspecified atom stereocenters. The minimum atomic E-state index is -0.206. The lowest BCUT2D eigenvalue weighted by Crippen LogP contribution is -2.45. The second-order valence-corrected chi connectivity index (χ2v) is 5.37. The number of anilines is 1. The van der Waals surface area contributed by atoms with Gasteiger partial charge in [0, 0.05) is 6.20 Å². The van der Waals surface area contributed by atoms with Crippen LogP contribution >= 0.6 is 0 Å². The largest absolute Gasteiger partial charge is 0.324 e. The number of piperidine rings is 1. The SMILES string of the molecule is CCCC1(C(=O)Nc2cccnc2C)CCNCC1. The Balaban J connectivity index is 2.14. The van der Waals surface area contributed by atoms with Crippen molar-refractivity contribution in [1.29, 1.82) is 0 Å². The normalized spacial score (nSPS) is 18.0. The summed E-state index contributed by atoms with van der Waals surface area (Å²) in [4.78, 5) is 16.9. The maximum absolute atomic E-state index is 12.7. The molecule has 1 saturated heterocycles. The Morgan fingerprint density at radius 2 is 2.21 bits per heavy atom. The van der Waals surface area contributed by atoms with Gasteiger partial charge in [0.05, 0.1) is 16.8 Å². The Morgan fingerprint density at radius 3 is 2.84 bits per heavy atom. The van der Waals surface area contributed by atoms with E-state index in [1.807, 2.05) is 19.1 Å². The molecule has 1 aromatic heterocycles. The minimum absolute atomic E-state index is 0.159. The first-order valence-electron chi connectivity index (χ1n) is 7.12. The molecule has 2 heterocycles. The average Bonchev–Trinajstić information content (AvgIpc) is 2.42. The monoisotopic (exact) mass is 261 g/mol. The summed E-state index contributed by atoms with van der Waals surface area (Å²) in [5.41, 5.74) is 1.50. The van der Waals surface area contributed by atoms with Crippen LogP contribution in [0.4, 0.5) is 5.69 Å². The first-order chi connectivity index (χ1) is 9.18. The molecule has 0 atom stereocenters. The molecule has 2 N–H and O–H groups in total. The van der Waals surface area contributed by atoms with Crippen LogP contribution in [-0.2, 0) is 4.79 Å². The molecule has 19 heavy (non-hydrogen) atoms. The van der Waals surface area contributed by atoms with Gasteiger partial charge in [-0.3, -0.25) is 9.78 Å². The lowest BCUT2D eigenvalue weighted by atomic mass is 9.74. The van der Waals surface area contributed by atoms with Crippen molar-refractivity contribution >= 4 is 11.6 Å². The fourth-order valence-electron chi connectivity index (χ4n) is 2.85. The van der Waals surface area contributed by atoms with Crippen LogP contribution in [0.15, 0.2) is 18.3 Å². The van der Waals surface area contributed by atoms with E-state index in [9.17, 15) is 4.79 Å². The standard InChI is InChI=1S/C15H23N3O/c1-3-6-15(7-10-16-11-8-15)14(19)18-13-5-4-9-17-12(13)2/h4-5,9,16H,3,6-8,10-11H2,1-2H3,(H,18,19). The van der Waals surface area contributed by atoms with Crippen molar-refractivity contribution in [3.05, 3.63) is 24.0 Å². The molecule has 1 aliphatic heterocycles. The molecule has 1 aliphatic rings. The summed E-state index contributed by atoms with van der Waals surface area (Å²) in [6, 6.07) is 3.78. The van der Waals surface area contributed by atoms with E-state index in [4.69, 9.17) is 0 Å². The number of hydrogen-bond acceptors (Lipinski definition) is 3. The number of nitrogens with zero attached hydrogens (tertiary/aromatic N) is 1. The number of carbonyl (C=O) groups excluding carboxylic acids is 1. The zero-order valence-corrected chi connectivity index (χ0v) is 11.8. The second-order valence-electron chi connectivity index (χ2n) is 5.37. The number of amides is 1. The van der Waals surface area contributed by atoms with Gasteiger partial charge in [0.25, 0.3) is 0 Å². The predicted octanol–water partition coefficient (Wildman–Crippen LogP) is 2.50. The van der Waals surface area contributed by atoms with Crippen LogP contribution in [-0.4, -0.2) is 24.0 Å². The number of aryl methyl sites for hydroxylation is 1. The summed E-state index contributed by atoms with van der Waals surface area (Å²) in [6.45, 7) is 5.93. The molecule has 0 bridgehead atoms. The van der Waals surface area contributed by atoms with Crippen molar-refractivity contribution in [1.82, 2.24) is 10.3 Å². The van der Waals surface area contributed by atoms with E-state index in [0.29, 0.717) is 0 Å². The molecule has 0 spiro atoms. The quantitative estimate of drug-likeness (QED) is 0.875. The first kappa shape index (κ1) is 14.0. The Hall–Kier alpha value is -1.42. The third-order valence-electron chi connectivity index (χ3n) is 4.03. The fraction of sp³-hybridized carbons (Fsp3) is 0.600. The van der Waals surface area contributed by atoms with Crippen molar-refractivity contribution in [2.75, 3.05) is 18.4 Å². The summed E-state index contributed by atoms with van der Waals surface area (Å²) >= 11 is 0. The molecule has 0 saturated carbocycles. The summed E-state index contributed by atoms with van der Waals surface area (Å²) in [6.07, 6.45) is 5.59. The zero-order chi connectivity index (χ0) is 13.7. The van der Waals surface area contributed by atoms with Crippen molar-refractivity contribution in [3.63, 3.8) is 0 Å². The van der Waals surface area contributed by atoms with Crippen LogP contribution in [0.2, 0.25) is 0 Å². The topological polar surface area (TPSA) is 54.0 Å². The highest BCUT2D eigenvalue weighted by Crippen LogP contribution is 2.35. The Labute approximate surface area is 115 Å². The first-order valence-corrected chi connectivity index (χ1v) is 7.12. The summed E-state index contributed by atoms with van der Waals surface area (Å²) < 4.78 is 0. The average molecular weight is 261 g/mol. The predicted molar refractivity (Wildman–Crippen MR) is 77.0 cm³/mol. The van der Waals surface area contributed by atoms with Gasteiger partial charge in [-0.05, 0) is 51.4 Å². The van der Waals surface area contributed by atoms with Gasteiger partial charge in [-0.1, -0.05) is 13.3 Å². The number of pyridine rings is 1. The summed E-state index contributed by atoms with van der Waals surface area (Å²) in [5, 5.41) is 6.41. The highest BCUT2D eigenvalue weighted by atomic mass is 16.2. The van der Waals surface area contributed by atoms with Gasteiger partial charge in [-0.2, -0.15) is 0 Å². The van der Waals surface area contributed by atoms with Crippen molar-refractivity contribution in [3.8, 4) is 0 Å². The Kier molecular flexibility index (Phi) is 4.53. The van der Waals surface area contributed by atoms with Gasteiger partial charge in [0.2, 0.25) is 5.91 Å². The molecule has 1 fully saturated rings. The van der Waals surface area contributed by atoms with Crippen molar-refractivity contribution in [2.24, 2.45) is 5.41 Å². The van der Waals surface area contributed by atoms with Gasteiger partial charge in [0.15, 0.2) is 0 Å². The van der Waals surface area contributed by atoms with Crippen LogP contribution in [0.3, 0.4) is 0 Å². The second kappa shape index (κ2) is 6.15. The molecule has 0 aromatic carbocycles. The molecule has 4 nitrogen and oxygen atoms in total. The smallest absolute Gasteiger partial charge is 0.230 e. The zero-order valence-electron chi connectivity index (χ0n) is 11.8. The molecule has 1 amide bonds. The van der Waals surface area contributed by atoms with E-state index < -0.39 is 0 Å². The Bertz CT molecular complexity index is 433. The number of carbonyl (C=O) groups is 1. The van der Waals surface area contributed by atoms with Gasteiger partial charge in [-0.25, -0.2) is 0 Å². The van der Waals surface area contributed by atoms with E-state index in [-0.39, 0.29) is 11.3 Å². The molecular formula is C15H23N3O. The summed E-state index contributed by atoms with van der Waals surface area (Å²) in [7, 11) is 0.